The Hall–Kier alpha value is -0.670. The molecule has 0 heterocycles. The van der Waals surface area contributed by atoms with Crippen LogP contribution in [0.5, 0.6) is 5.75 Å². The quantitative estimate of drug-likeness (QED) is 0.551. The lowest BCUT2D eigenvalue weighted by molar-refractivity contribution is 0.408. The third kappa shape index (κ3) is 1.93. The van der Waals surface area contributed by atoms with Crippen LogP contribution < -0.4 is 10.1 Å². The Labute approximate surface area is 78.3 Å². The predicted octanol–water partition coefficient (Wildman–Crippen LogP) is 1.84. The maximum absolute atomic E-state index is 5.18. The van der Waals surface area contributed by atoms with Gasteiger partial charge < -0.3 is 10.1 Å². The molecule has 0 amide bonds. The number of ether oxygens (including phenoxy) is 1. The summed E-state index contributed by atoms with van der Waals surface area (Å²) in [5.74, 6) is 0.867. The van der Waals surface area contributed by atoms with E-state index >= 15 is 0 Å². The molecule has 1 unspecified atom stereocenters. The Kier molecular flexibility index (Phi) is 3.44. The fourth-order valence-corrected chi connectivity index (χ4v) is 1.26. The van der Waals surface area contributed by atoms with E-state index in [2.05, 4.69) is 17.9 Å². The van der Waals surface area contributed by atoms with Crippen molar-refractivity contribution in [2.45, 2.75) is 5.37 Å². The maximum atomic E-state index is 5.18. The van der Waals surface area contributed by atoms with E-state index in [1.807, 2.05) is 31.3 Å². The van der Waals surface area contributed by atoms with Crippen LogP contribution in [0.3, 0.4) is 0 Å². The number of rotatable bonds is 3. The van der Waals surface area contributed by atoms with Crippen LogP contribution >= 0.6 is 12.6 Å². The summed E-state index contributed by atoms with van der Waals surface area (Å²) < 4.78 is 5.18. The second-order valence-electron chi connectivity index (χ2n) is 2.43. The van der Waals surface area contributed by atoms with Crippen LogP contribution in [0, 0.1) is 0 Å². The highest BCUT2D eigenvalue weighted by Crippen LogP contribution is 2.26. The van der Waals surface area contributed by atoms with Crippen molar-refractivity contribution >= 4 is 12.6 Å². The van der Waals surface area contributed by atoms with Crippen molar-refractivity contribution in [2.24, 2.45) is 0 Å². The molecule has 0 spiro atoms. The summed E-state index contributed by atoms with van der Waals surface area (Å²) in [6, 6.07) is 7.83. The average Bonchev–Trinajstić information content (AvgIpc) is 2.16. The van der Waals surface area contributed by atoms with Gasteiger partial charge in [-0.05, 0) is 13.1 Å². The van der Waals surface area contributed by atoms with Crippen LogP contribution in [0.15, 0.2) is 24.3 Å². The van der Waals surface area contributed by atoms with Crippen molar-refractivity contribution in [3.8, 4) is 5.75 Å². The van der Waals surface area contributed by atoms with E-state index in [1.165, 1.54) is 0 Å². The summed E-state index contributed by atoms with van der Waals surface area (Å²) in [6.07, 6.45) is 0. The molecule has 0 bridgehead atoms. The van der Waals surface area contributed by atoms with E-state index in [0.717, 1.165) is 11.3 Å². The number of nitrogens with one attached hydrogen (secondary N) is 1. The van der Waals surface area contributed by atoms with Gasteiger partial charge in [-0.2, -0.15) is 12.6 Å². The van der Waals surface area contributed by atoms with Crippen LogP contribution in [-0.4, -0.2) is 14.2 Å². The summed E-state index contributed by atoms with van der Waals surface area (Å²) in [7, 11) is 3.53. The third-order valence-electron chi connectivity index (χ3n) is 1.71. The fourth-order valence-electron chi connectivity index (χ4n) is 1.05. The molecule has 1 N–H and O–H groups in total. The Morgan fingerprint density at radius 3 is 2.67 bits per heavy atom. The topological polar surface area (TPSA) is 21.3 Å². The molecule has 1 aromatic rings. The van der Waals surface area contributed by atoms with Crippen LogP contribution in [0.4, 0.5) is 0 Å². The van der Waals surface area contributed by atoms with Gasteiger partial charge in [0.15, 0.2) is 0 Å². The number of benzene rings is 1. The number of methoxy groups -OCH3 is 1. The van der Waals surface area contributed by atoms with Gasteiger partial charge in [0.1, 0.15) is 5.75 Å². The smallest absolute Gasteiger partial charge is 0.124 e. The molecule has 0 saturated carbocycles. The summed E-state index contributed by atoms with van der Waals surface area (Å²) in [6.45, 7) is 0. The molecular weight excluding hydrogens is 170 g/mol. The molecule has 0 aliphatic rings. The first kappa shape index (κ1) is 9.42. The molecule has 2 nitrogen and oxygen atoms in total. The van der Waals surface area contributed by atoms with Crippen LogP contribution in [0.1, 0.15) is 10.9 Å². The van der Waals surface area contributed by atoms with E-state index in [9.17, 15) is 0 Å². The van der Waals surface area contributed by atoms with Crippen molar-refractivity contribution in [3.63, 3.8) is 0 Å². The lowest BCUT2D eigenvalue weighted by Crippen LogP contribution is -2.10. The van der Waals surface area contributed by atoms with Gasteiger partial charge in [0.2, 0.25) is 0 Å². The van der Waals surface area contributed by atoms with Crippen molar-refractivity contribution in [3.05, 3.63) is 29.8 Å². The zero-order chi connectivity index (χ0) is 8.97. The second kappa shape index (κ2) is 4.38. The average molecular weight is 183 g/mol. The van der Waals surface area contributed by atoms with E-state index in [0.29, 0.717) is 0 Å². The van der Waals surface area contributed by atoms with Crippen LogP contribution in [0.2, 0.25) is 0 Å². The minimum Gasteiger partial charge on any atom is -0.496 e. The molecule has 66 valence electrons. The van der Waals surface area contributed by atoms with Gasteiger partial charge in [-0.3, -0.25) is 0 Å². The first-order valence-electron chi connectivity index (χ1n) is 3.78. The number of para-hydroxylation sites is 1. The lowest BCUT2D eigenvalue weighted by Gasteiger charge is -2.13. The molecule has 0 saturated heterocycles. The lowest BCUT2D eigenvalue weighted by atomic mass is 10.2. The van der Waals surface area contributed by atoms with E-state index in [4.69, 9.17) is 4.74 Å². The van der Waals surface area contributed by atoms with Crippen molar-refractivity contribution in [2.75, 3.05) is 14.2 Å². The van der Waals surface area contributed by atoms with Crippen molar-refractivity contribution < 1.29 is 4.74 Å². The normalized spacial score (nSPS) is 12.6. The van der Waals surface area contributed by atoms with Gasteiger partial charge in [-0.25, -0.2) is 0 Å². The summed E-state index contributed by atoms with van der Waals surface area (Å²) in [5, 5.41) is 3.07. The predicted molar refractivity (Wildman–Crippen MR) is 53.8 cm³/mol. The second-order valence-corrected chi connectivity index (χ2v) is 2.95. The minimum atomic E-state index is 0.0288. The van der Waals surface area contributed by atoms with E-state index in [-0.39, 0.29) is 5.37 Å². The van der Waals surface area contributed by atoms with Gasteiger partial charge in [0.25, 0.3) is 0 Å². The first-order valence-corrected chi connectivity index (χ1v) is 4.29. The summed E-state index contributed by atoms with van der Waals surface area (Å²) in [5.41, 5.74) is 1.06. The first-order chi connectivity index (χ1) is 5.79. The molecule has 0 fully saturated rings. The van der Waals surface area contributed by atoms with Crippen molar-refractivity contribution in [1.82, 2.24) is 5.32 Å². The highest BCUT2D eigenvalue weighted by molar-refractivity contribution is 7.80. The summed E-state index contributed by atoms with van der Waals surface area (Å²) in [4.78, 5) is 0. The molecule has 3 heteroatoms. The highest BCUT2D eigenvalue weighted by atomic mass is 32.1. The number of thiol groups is 1. The SMILES string of the molecule is CNC(S)c1ccccc1OC. The Morgan fingerprint density at radius 1 is 1.42 bits per heavy atom. The zero-order valence-corrected chi connectivity index (χ0v) is 8.14. The molecule has 1 atom stereocenters. The number of hydrogen-bond donors (Lipinski definition) is 2. The zero-order valence-electron chi connectivity index (χ0n) is 7.24. The van der Waals surface area contributed by atoms with Crippen molar-refractivity contribution in [1.29, 1.82) is 0 Å². The van der Waals surface area contributed by atoms with Crippen LogP contribution in [-0.2, 0) is 0 Å². The van der Waals surface area contributed by atoms with Gasteiger partial charge in [0.05, 0.1) is 12.5 Å². The molecule has 1 rings (SSSR count). The molecule has 0 radical (unpaired) electrons. The maximum Gasteiger partial charge on any atom is 0.124 e. The Balaban J connectivity index is 2.96. The molecule has 0 aliphatic carbocycles. The van der Waals surface area contributed by atoms with Crippen LogP contribution in [0.25, 0.3) is 0 Å². The molecule has 0 aromatic heterocycles. The van der Waals surface area contributed by atoms with Gasteiger partial charge >= 0.3 is 0 Å². The minimum absolute atomic E-state index is 0.0288. The Bertz CT molecular complexity index is 252. The Morgan fingerprint density at radius 2 is 2.08 bits per heavy atom. The van der Waals surface area contributed by atoms with Gasteiger partial charge in [-0.15, -0.1) is 0 Å². The largest absolute Gasteiger partial charge is 0.496 e. The van der Waals surface area contributed by atoms with E-state index in [1.54, 1.807) is 7.11 Å². The summed E-state index contributed by atoms with van der Waals surface area (Å²) >= 11 is 4.35. The fraction of sp³-hybridized carbons (Fsp3) is 0.333. The molecule has 0 aliphatic heterocycles. The van der Waals surface area contributed by atoms with Gasteiger partial charge in [-0.1, -0.05) is 18.2 Å². The van der Waals surface area contributed by atoms with E-state index < -0.39 is 0 Å². The van der Waals surface area contributed by atoms with Gasteiger partial charge in [0, 0.05) is 5.56 Å². The molecule has 1 aromatic carbocycles. The third-order valence-corrected chi connectivity index (χ3v) is 2.24. The standard InChI is InChI=1S/C9H13NOS/c1-10-9(12)7-5-3-4-6-8(7)11-2/h3-6,9-10,12H,1-2H3. The number of hydrogen-bond acceptors (Lipinski definition) is 3. The molecular formula is C9H13NOS. The molecule has 12 heavy (non-hydrogen) atoms. The highest BCUT2D eigenvalue weighted by Gasteiger charge is 2.07. The monoisotopic (exact) mass is 183 g/mol.